The fraction of sp³-hybridized carbons (Fsp3) is 0.526. The van der Waals surface area contributed by atoms with Gasteiger partial charge in [-0.05, 0) is 5.56 Å². The quantitative estimate of drug-likeness (QED) is 0.632. The maximum absolute atomic E-state index is 11.7. The minimum absolute atomic E-state index is 0.158. The smallest absolute Gasteiger partial charge is 0.303 e. The van der Waals surface area contributed by atoms with Crippen molar-refractivity contribution in [2.45, 2.75) is 58.0 Å². The van der Waals surface area contributed by atoms with E-state index in [1.165, 1.54) is 20.8 Å². The van der Waals surface area contributed by atoms with Gasteiger partial charge in [0, 0.05) is 20.8 Å². The minimum atomic E-state index is -1.11. The Labute approximate surface area is 162 Å². The summed E-state index contributed by atoms with van der Waals surface area (Å²) in [7, 11) is 0. The number of benzene rings is 1. The third kappa shape index (κ3) is 6.01. The molecule has 1 aromatic rings. The molecule has 154 valence electrons. The molecule has 0 saturated carbocycles. The normalized spacial score (nSPS) is 26.9. The van der Waals surface area contributed by atoms with Crippen LogP contribution in [-0.4, -0.2) is 60.2 Å². The predicted octanol–water partition coefficient (Wildman–Crippen LogP) is 0.288. The Bertz CT molecular complexity index is 680. The Morgan fingerprint density at radius 3 is 2.18 bits per heavy atom. The van der Waals surface area contributed by atoms with E-state index in [0.29, 0.717) is 0 Å². The number of esters is 2. The summed E-state index contributed by atoms with van der Waals surface area (Å²) in [5.41, 5.74) is 0.861. The van der Waals surface area contributed by atoms with Crippen molar-refractivity contribution in [2.24, 2.45) is 0 Å². The van der Waals surface area contributed by atoms with E-state index in [-0.39, 0.29) is 6.61 Å². The van der Waals surface area contributed by atoms with Crippen LogP contribution >= 0.6 is 0 Å². The molecule has 0 radical (unpaired) electrons. The van der Waals surface area contributed by atoms with Gasteiger partial charge in [-0.15, -0.1) is 0 Å². The minimum Gasteiger partial charge on any atom is -0.456 e. The number of hydrogen-bond acceptors (Lipinski definition) is 8. The number of nitrogens with one attached hydrogen (secondary N) is 1. The highest BCUT2D eigenvalue weighted by Crippen LogP contribution is 2.28. The Morgan fingerprint density at radius 2 is 1.64 bits per heavy atom. The molecule has 2 rings (SSSR count). The summed E-state index contributed by atoms with van der Waals surface area (Å²) in [6.45, 7) is 3.32. The lowest BCUT2D eigenvalue weighted by Gasteiger charge is -2.44. The Morgan fingerprint density at radius 1 is 1.04 bits per heavy atom. The molecule has 0 aromatic heterocycles. The lowest BCUT2D eigenvalue weighted by atomic mass is 9.96. The lowest BCUT2D eigenvalue weighted by molar-refractivity contribution is -0.279. The fourth-order valence-electron chi connectivity index (χ4n) is 3.00. The monoisotopic (exact) mass is 395 g/mol. The van der Waals surface area contributed by atoms with Gasteiger partial charge in [-0.25, -0.2) is 0 Å². The molecule has 2 N–H and O–H groups in total. The molecule has 1 amide bonds. The van der Waals surface area contributed by atoms with Crippen molar-refractivity contribution in [1.29, 1.82) is 0 Å². The number of carbonyl (C=O) groups excluding carboxylic acids is 3. The third-order valence-electron chi connectivity index (χ3n) is 4.06. The van der Waals surface area contributed by atoms with Crippen LogP contribution < -0.4 is 5.32 Å². The maximum atomic E-state index is 11.7. The molecule has 1 aliphatic rings. The molecule has 0 aliphatic carbocycles. The SMILES string of the molecule is CC(=O)N[C@H]1[C@@H](OCc2ccccc2)O[C@@H](CO)[C@@H](OC(C)=O)[C@@H]1OC(C)=O. The average molecular weight is 395 g/mol. The standard InChI is InChI=1S/C19H25NO8/c1-11(22)20-16-18(27-13(3)24)17(26-12(2)23)15(9-21)28-19(16)25-10-14-7-5-4-6-8-14/h4-8,15-19,21H,9-10H2,1-3H3,(H,20,22)/t15-,16+,17+,18+,19-/m0/s1. The van der Waals surface area contributed by atoms with Crippen LogP contribution in [0.15, 0.2) is 30.3 Å². The van der Waals surface area contributed by atoms with E-state index in [1.54, 1.807) is 0 Å². The highest BCUT2D eigenvalue weighted by Gasteiger charge is 2.50. The summed E-state index contributed by atoms with van der Waals surface area (Å²) in [5, 5.41) is 12.3. The number of carbonyl (C=O) groups is 3. The first-order valence-electron chi connectivity index (χ1n) is 8.85. The van der Waals surface area contributed by atoms with E-state index in [4.69, 9.17) is 18.9 Å². The number of aliphatic hydroxyl groups excluding tert-OH is 1. The van der Waals surface area contributed by atoms with Gasteiger partial charge in [-0.2, -0.15) is 0 Å². The zero-order chi connectivity index (χ0) is 20.7. The Balaban J connectivity index is 2.29. The molecule has 0 spiro atoms. The molecular weight excluding hydrogens is 370 g/mol. The van der Waals surface area contributed by atoms with E-state index in [2.05, 4.69) is 5.32 Å². The van der Waals surface area contributed by atoms with Crippen molar-refractivity contribution in [2.75, 3.05) is 6.61 Å². The fourth-order valence-corrected chi connectivity index (χ4v) is 3.00. The number of aliphatic hydroxyl groups is 1. The molecule has 5 atom stereocenters. The molecule has 28 heavy (non-hydrogen) atoms. The van der Waals surface area contributed by atoms with Gasteiger partial charge in [-0.1, -0.05) is 30.3 Å². The van der Waals surface area contributed by atoms with Gasteiger partial charge in [0.25, 0.3) is 0 Å². The highest BCUT2D eigenvalue weighted by molar-refractivity contribution is 5.73. The van der Waals surface area contributed by atoms with E-state index in [1.807, 2.05) is 30.3 Å². The van der Waals surface area contributed by atoms with Crippen LogP contribution in [0.25, 0.3) is 0 Å². The van der Waals surface area contributed by atoms with Gasteiger partial charge in [0.15, 0.2) is 18.5 Å². The van der Waals surface area contributed by atoms with Crippen molar-refractivity contribution in [3.8, 4) is 0 Å². The zero-order valence-corrected chi connectivity index (χ0v) is 16.0. The van der Waals surface area contributed by atoms with Gasteiger partial charge in [0.05, 0.1) is 13.2 Å². The summed E-state index contributed by atoms with van der Waals surface area (Å²) in [4.78, 5) is 34.9. The number of amides is 1. The van der Waals surface area contributed by atoms with Gasteiger partial charge >= 0.3 is 11.9 Å². The molecular formula is C19H25NO8. The highest BCUT2D eigenvalue weighted by atomic mass is 16.7. The topological polar surface area (TPSA) is 120 Å². The van der Waals surface area contributed by atoms with Crippen molar-refractivity contribution >= 4 is 17.8 Å². The van der Waals surface area contributed by atoms with E-state index < -0.39 is 55.1 Å². The largest absolute Gasteiger partial charge is 0.456 e. The van der Waals surface area contributed by atoms with Crippen LogP contribution in [0, 0.1) is 0 Å². The van der Waals surface area contributed by atoms with Crippen molar-refractivity contribution in [1.82, 2.24) is 5.32 Å². The first-order chi connectivity index (χ1) is 13.3. The molecule has 0 bridgehead atoms. The molecule has 1 aliphatic heterocycles. The molecule has 9 heteroatoms. The Hall–Kier alpha value is -2.49. The van der Waals surface area contributed by atoms with Crippen LogP contribution in [0.3, 0.4) is 0 Å². The van der Waals surface area contributed by atoms with E-state index >= 15 is 0 Å². The summed E-state index contributed by atoms with van der Waals surface area (Å²) < 4.78 is 22.1. The molecule has 9 nitrogen and oxygen atoms in total. The van der Waals surface area contributed by atoms with Crippen LogP contribution in [0.1, 0.15) is 26.3 Å². The first-order valence-corrected chi connectivity index (χ1v) is 8.85. The summed E-state index contributed by atoms with van der Waals surface area (Å²) in [6.07, 6.45) is -4.26. The summed E-state index contributed by atoms with van der Waals surface area (Å²) >= 11 is 0. The summed E-state index contributed by atoms with van der Waals surface area (Å²) in [5.74, 6) is -1.70. The van der Waals surface area contributed by atoms with Crippen LogP contribution in [0.5, 0.6) is 0 Å². The zero-order valence-electron chi connectivity index (χ0n) is 16.0. The summed E-state index contributed by atoms with van der Waals surface area (Å²) in [6, 6.07) is 8.32. The molecule has 1 fully saturated rings. The number of ether oxygens (including phenoxy) is 4. The molecule has 0 unspecified atom stereocenters. The third-order valence-corrected chi connectivity index (χ3v) is 4.06. The maximum Gasteiger partial charge on any atom is 0.303 e. The van der Waals surface area contributed by atoms with Crippen molar-refractivity contribution in [3.05, 3.63) is 35.9 Å². The van der Waals surface area contributed by atoms with Gasteiger partial charge < -0.3 is 29.4 Å². The second-order valence-corrected chi connectivity index (χ2v) is 6.40. The lowest BCUT2D eigenvalue weighted by Crippen LogP contribution is -2.66. The van der Waals surface area contributed by atoms with Crippen molar-refractivity contribution in [3.63, 3.8) is 0 Å². The predicted molar refractivity (Wildman–Crippen MR) is 95.7 cm³/mol. The van der Waals surface area contributed by atoms with Crippen LogP contribution in [0.2, 0.25) is 0 Å². The molecule has 1 saturated heterocycles. The Kier molecular flexibility index (Phi) is 7.91. The van der Waals surface area contributed by atoms with E-state index in [9.17, 15) is 19.5 Å². The van der Waals surface area contributed by atoms with Crippen molar-refractivity contribution < 1.29 is 38.4 Å². The van der Waals surface area contributed by atoms with E-state index in [0.717, 1.165) is 5.56 Å². The van der Waals surface area contributed by atoms with Crippen LogP contribution in [-0.2, 0) is 39.9 Å². The first kappa shape index (κ1) is 21.8. The number of rotatable bonds is 7. The molecule has 1 heterocycles. The second-order valence-electron chi connectivity index (χ2n) is 6.40. The van der Waals surface area contributed by atoms with Gasteiger partial charge in [0.2, 0.25) is 5.91 Å². The van der Waals surface area contributed by atoms with Crippen LogP contribution in [0.4, 0.5) is 0 Å². The van der Waals surface area contributed by atoms with Gasteiger partial charge in [-0.3, -0.25) is 14.4 Å². The second kappa shape index (κ2) is 10.2. The molecule has 1 aromatic carbocycles. The average Bonchev–Trinajstić information content (AvgIpc) is 2.63. The number of hydrogen-bond donors (Lipinski definition) is 2. The van der Waals surface area contributed by atoms with Gasteiger partial charge in [0.1, 0.15) is 12.1 Å².